The molecule has 0 aliphatic carbocycles. The van der Waals surface area contributed by atoms with E-state index < -0.39 is 24.3 Å². The number of esters is 2. The van der Waals surface area contributed by atoms with Gasteiger partial charge in [-0.25, -0.2) is 4.79 Å². The number of quaternary nitrogens is 1. The van der Waals surface area contributed by atoms with Gasteiger partial charge < -0.3 is 28.5 Å². The molecule has 0 aromatic rings. The maximum absolute atomic E-state index is 12.7. The quantitative estimate of drug-likeness (QED) is 0.0214. The van der Waals surface area contributed by atoms with Gasteiger partial charge >= 0.3 is 17.9 Å². The van der Waals surface area contributed by atoms with Crippen molar-refractivity contribution >= 4 is 17.9 Å². The number of carbonyl (C=O) groups is 3. The Morgan fingerprint density at radius 3 is 1.53 bits per heavy atom. The molecule has 0 bridgehead atoms. The smallest absolute Gasteiger partial charge is 0.361 e. The fourth-order valence-electron chi connectivity index (χ4n) is 5.73. The maximum Gasteiger partial charge on any atom is 0.361 e. The van der Waals surface area contributed by atoms with Crippen molar-refractivity contribution in [3.63, 3.8) is 0 Å². The van der Waals surface area contributed by atoms with E-state index >= 15 is 0 Å². The molecule has 58 heavy (non-hydrogen) atoms. The molecule has 0 heterocycles. The number of likely N-dealkylation sites (N-methyl/N-ethyl adjacent to an activating group) is 1. The molecule has 0 amide bonds. The van der Waals surface area contributed by atoms with Crippen LogP contribution in [0.3, 0.4) is 0 Å². The van der Waals surface area contributed by atoms with E-state index in [0.29, 0.717) is 17.4 Å². The predicted molar refractivity (Wildman–Crippen MR) is 239 cm³/mol. The number of unbranched alkanes of at least 4 members (excludes halogenated alkanes) is 14. The van der Waals surface area contributed by atoms with Gasteiger partial charge in [-0.15, -0.1) is 0 Å². The fourth-order valence-corrected chi connectivity index (χ4v) is 5.73. The van der Waals surface area contributed by atoms with Crippen LogP contribution in [0.25, 0.3) is 0 Å². The molecular formula is C49H84NO8+. The number of carbonyl (C=O) groups excluding carboxylic acids is 2. The van der Waals surface area contributed by atoms with Gasteiger partial charge in [-0.1, -0.05) is 157 Å². The van der Waals surface area contributed by atoms with Crippen molar-refractivity contribution in [1.29, 1.82) is 0 Å². The van der Waals surface area contributed by atoms with Gasteiger partial charge in [-0.05, 0) is 64.2 Å². The van der Waals surface area contributed by atoms with Crippen molar-refractivity contribution < 1.29 is 42.9 Å². The van der Waals surface area contributed by atoms with Gasteiger partial charge in [0.1, 0.15) is 13.2 Å². The lowest BCUT2D eigenvalue weighted by atomic mass is 10.1. The van der Waals surface area contributed by atoms with E-state index in [1.54, 1.807) is 6.08 Å². The Morgan fingerprint density at radius 1 is 0.552 bits per heavy atom. The first-order valence-corrected chi connectivity index (χ1v) is 22.6. The molecule has 0 spiro atoms. The first-order chi connectivity index (χ1) is 28.1. The van der Waals surface area contributed by atoms with E-state index in [9.17, 15) is 19.5 Å². The normalized spacial score (nSPS) is 13.6. The zero-order chi connectivity index (χ0) is 42.8. The Bertz CT molecular complexity index is 1180. The first-order valence-electron chi connectivity index (χ1n) is 22.6. The lowest BCUT2D eigenvalue weighted by Gasteiger charge is -2.25. The minimum Gasteiger partial charge on any atom is -0.477 e. The van der Waals surface area contributed by atoms with Crippen LogP contribution >= 0.6 is 0 Å². The summed E-state index contributed by atoms with van der Waals surface area (Å²) in [7, 11) is 5.92. The number of aliphatic carboxylic acids is 1. The molecule has 0 aliphatic heterocycles. The molecule has 0 aromatic heterocycles. The summed E-state index contributed by atoms with van der Waals surface area (Å²) >= 11 is 0. The highest BCUT2D eigenvalue weighted by atomic mass is 16.7. The van der Waals surface area contributed by atoms with Gasteiger partial charge in [0, 0.05) is 6.42 Å². The summed E-state index contributed by atoms with van der Waals surface area (Å²) in [5.74, 6) is -2.19. The molecule has 2 unspecified atom stereocenters. The number of hydrogen-bond donors (Lipinski definition) is 1. The molecule has 332 valence electrons. The minimum atomic E-state index is -1.54. The van der Waals surface area contributed by atoms with Crippen LogP contribution < -0.4 is 0 Å². The molecule has 0 aromatic carbocycles. The van der Waals surface area contributed by atoms with Crippen LogP contribution in [0.4, 0.5) is 0 Å². The third-order valence-electron chi connectivity index (χ3n) is 9.23. The molecule has 0 aliphatic rings. The zero-order valence-electron chi connectivity index (χ0n) is 37.4. The van der Waals surface area contributed by atoms with Crippen molar-refractivity contribution in [2.24, 2.45) is 0 Å². The molecule has 0 fully saturated rings. The molecule has 0 saturated carbocycles. The zero-order valence-corrected chi connectivity index (χ0v) is 37.4. The number of hydrogen-bond acceptors (Lipinski definition) is 7. The van der Waals surface area contributed by atoms with Gasteiger partial charge in [0.25, 0.3) is 6.29 Å². The van der Waals surface area contributed by atoms with E-state index in [1.165, 1.54) is 70.6 Å². The number of nitrogens with zero attached hydrogens (tertiary/aromatic N) is 1. The summed E-state index contributed by atoms with van der Waals surface area (Å²) in [6.45, 7) is 4.62. The topological polar surface area (TPSA) is 108 Å². The predicted octanol–water partition coefficient (Wildman–Crippen LogP) is 11.9. The highest BCUT2D eigenvalue weighted by Gasteiger charge is 2.24. The molecule has 9 nitrogen and oxygen atoms in total. The Balaban J connectivity index is 4.55. The summed E-state index contributed by atoms with van der Waals surface area (Å²) in [6.07, 6.45) is 47.1. The summed E-state index contributed by atoms with van der Waals surface area (Å²) in [5.41, 5.74) is 0. The average molecular weight is 815 g/mol. The van der Waals surface area contributed by atoms with Crippen molar-refractivity contribution in [3.8, 4) is 0 Å². The van der Waals surface area contributed by atoms with Crippen molar-refractivity contribution in [2.75, 3.05) is 47.5 Å². The van der Waals surface area contributed by atoms with Gasteiger partial charge in [0.15, 0.2) is 6.10 Å². The summed E-state index contributed by atoms with van der Waals surface area (Å²) in [5, 5.41) is 9.62. The Hall–Kier alpha value is -3.27. The van der Waals surface area contributed by atoms with Gasteiger partial charge in [0.2, 0.25) is 0 Å². The first kappa shape index (κ1) is 54.7. The average Bonchev–Trinajstić information content (AvgIpc) is 3.18. The van der Waals surface area contributed by atoms with Gasteiger partial charge in [0.05, 0.1) is 40.8 Å². The van der Waals surface area contributed by atoms with Crippen LogP contribution in [0, 0.1) is 0 Å². The van der Waals surface area contributed by atoms with Crippen LogP contribution in [-0.4, -0.2) is 87.4 Å². The minimum absolute atomic E-state index is 0.0241. The summed E-state index contributed by atoms with van der Waals surface area (Å²) in [4.78, 5) is 37.0. The number of carboxylic acids is 1. The van der Waals surface area contributed by atoms with E-state index in [0.717, 1.165) is 57.8 Å². The second kappa shape index (κ2) is 40.5. The van der Waals surface area contributed by atoms with Crippen LogP contribution in [0.1, 0.15) is 162 Å². The van der Waals surface area contributed by atoms with E-state index in [1.807, 2.05) is 33.3 Å². The largest absolute Gasteiger partial charge is 0.477 e. The monoisotopic (exact) mass is 815 g/mol. The van der Waals surface area contributed by atoms with Crippen molar-refractivity contribution in [2.45, 2.75) is 174 Å². The van der Waals surface area contributed by atoms with E-state index in [4.69, 9.17) is 18.9 Å². The molecule has 2 atom stereocenters. The second-order valence-corrected chi connectivity index (χ2v) is 16.0. The van der Waals surface area contributed by atoms with Gasteiger partial charge in [-0.3, -0.25) is 9.59 Å². The Labute approximate surface area is 354 Å². The van der Waals surface area contributed by atoms with Gasteiger partial charge in [-0.2, -0.15) is 0 Å². The Kier molecular flexibility index (Phi) is 38.2. The SMILES string of the molecule is CC/C=C\C/C=C\C/C=C\C/C=C\C/C=C\CC(=O)OC(COC(=O)CCCCCCCCC/C=C\CCCCCCCCC)COC(OCC[N+](C)(C)C)C(=O)O. The summed E-state index contributed by atoms with van der Waals surface area (Å²) < 4.78 is 22.6. The highest BCUT2D eigenvalue weighted by molar-refractivity contribution is 5.72. The third-order valence-corrected chi connectivity index (χ3v) is 9.23. The lowest BCUT2D eigenvalue weighted by molar-refractivity contribution is -0.870. The van der Waals surface area contributed by atoms with Crippen molar-refractivity contribution in [3.05, 3.63) is 72.9 Å². The van der Waals surface area contributed by atoms with E-state index in [2.05, 4.69) is 68.5 Å². The molecular weight excluding hydrogens is 731 g/mol. The molecule has 1 N–H and O–H groups in total. The number of carboxylic acid groups (broad SMARTS) is 1. The second-order valence-electron chi connectivity index (χ2n) is 16.0. The van der Waals surface area contributed by atoms with Crippen LogP contribution in [0.5, 0.6) is 0 Å². The number of allylic oxidation sites excluding steroid dienone is 11. The lowest BCUT2D eigenvalue weighted by Crippen LogP contribution is -2.40. The van der Waals surface area contributed by atoms with E-state index in [-0.39, 0.29) is 38.6 Å². The standard InChI is InChI=1S/C49H83NO8/c1-6-8-10-12-14-16-18-20-22-23-24-26-27-29-31-33-35-37-39-46(51)56-43-45(44-57-49(48(53)54)55-42-41-50(3,4)5)58-47(52)40-38-36-34-32-30-28-25-21-19-17-15-13-11-9-7-2/h9,11,15,17,21-23,25,30,32,36,38,45,49H,6-8,10,12-14,16,18-20,24,26-29,31,33-35,37,39-44H2,1-5H3/p+1/b11-9-,17-15-,23-22-,25-21-,32-30-,38-36-. The molecule has 0 saturated heterocycles. The van der Waals surface area contributed by atoms with Crippen LogP contribution in [-0.2, 0) is 33.3 Å². The number of ether oxygens (including phenoxy) is 4. The highest BCUT2D eigenvalue weighted by Crippen LogP contribution is 2.13. The maximum atomic E-state index is 12.7. The molecule has 0 rings (SSSR count). The fraction of sp³-hybridized carbons (Fsp3) is 0.694. The summed E-state index contributed by atoms with van der Waals surface area (Å²) in [6, 6.07) is 0. The van der Waals surface area contributed by atoms with Crippen LogP contribution in [0.2, 0.25) is 0 Å². The molecule has 9 heteroatoms. The Morgan fingerprint density at radius 2 is 1.03 bits per heavy atom. The molecule has 0 radical (unpaired) electrons. The van der Waals surface area contributed by atoms with Crippen LogP contribution in [0.15, 0.2) is 72.9 Å². The van der Waals surface area contributed by atoms with Crippen molar-refractivity contribution in [1.82, 2.24) is 0 Å². The third kappa shape index (κ3) is 40.9. The number of rotatable bonds is 40.